The van der Waals surface area contributed by atoms with Gasteiger partial charge in [0.25, 0.3) is 5.56 Å². The van der Waals surface area contributed by atoms with Crippen LogP contribution in [0.25, 0.3) is 0 Å². The fourth-order valence-corrected chi connectivity index (χ4v) is 2.15. The molecule has 3 atom stereocenters. The molecule has 8 nitrogen and oxygen atoms in total. The molecule has 0 aromatic carbocycles. The van der Waals surface area contributed by atoms with E-state index in [1.807, 2.05) is 0 Å². The Bertz CT molecular complexity index is 609. The van der Waals surface area contributed by atoms with Crippen LogP contribution in [0.5, 0.6) is 0 Å². The van der Waals surface area contributed by atoms with E-state index < -0.39 is 35.7 Å². The van der Waals surface area contributed by atoms with E-state index in [2.05, 4.69) is 25.7 Å². The molecule has 0 aliphatic carbocycles. The Morgan fingerprint density at radius 1 is 1.63 bits per heavy atom. The molecular weight excluding hydrogens is 324 g/mol. The van der Waals surface area contributed by atoms with Crippen LogP contribution in [0.3, 0.4) is 0 Å². The molecule has 0 radical (unpaired) electrons. The number of rotatable bonds is 2. The van der Waals surface area contributed by atoms with Crippen LogP contribution in [-0.2, 0) is 14.3 Å². The number of ether oxygens (including phenoxy) is 2. The lowest BCUT2D eigenvalue weighted by Gasteiger charge is -2.14. The largest absolute Gasteiger partial charge is 0.467 e. The number of aromatic amines is 1. The van der Waals surface area contributed by atoms with Gasteiger partial charge in [0.05, 0.1) is 17.7 Å². The zero-order valence-corrected chi connectivity index (χ0v) is 11.4. The van der Waals surface area contributed by atoms with Crippen LogP contribution in [0.4, 0.5) is 0 Å². The van der Waals surface area contributed by atoms with E-state index in [-0.39, 0.29) is 10.9 Å². The number of nitrogens with one attached hydrogen (secondary N) is 1. The SMILES string of the molecule is COC(=O)[C@H]1O[C@@H](n2cc(Br)c(=O)[nH]c2=O)C[C@@H]1O. The first kappa shape index (κ1) is 14.0. The van der Waals surface area contributed by atoms with Crippen molar-refractivity contribution in [1.29, 1.82) is 0 Å². The smallest absolute Gasteiger partial charge is 0.337 e. The van der Waals surface area contributed by atoms with Crippen LogP contribution >= 0.6 is 15.9 Å². The first-order chi connectivity index (χ1) is 8.93. The number of H-pyrrole nitrogens is 1. The first-order valence-corrected chi connectivity index (χ1v) is 6.15. The van der Waals surface area contributed by atoms with Gasteiger partial charge in [0.2, 0.25) is 0 Å². The minimum atomic E-state index is -1.15. The highest BCUT2D eigenvalue weighted by Crippen LogP contribution is 2.28. The second-order valence-electron chi connectivity index (χ2n) is 3.98. The average Bonchev–Trinajstić information content (AvgIpc) is 2.75. The van der Waals surface area contributed by atoms with Crippen molar-refractivity contribution in [2.75, 3.05) is 7.11 Å². The predicted octanol–water partition coefficient (Wildman–Crippen LogP) is -0.880. The van der Waals surface area contributed by atoms with E-state index in [9.17, 15) is 19.5 Å². The Hall–Kier alpha value is -1.45. The number of halogens is 1. The van der Waals surface area contributed by atoms with Gasteiger partial charge in [-0.3, -0.25) is 14.3 Å². The van der Waals surface area contributed by atoms with E-state index >= 15 is 0 Å². The van der Waals surface area contributed by atoms with Crippen molar-refractivity contribution in [2.24, 2.45) is 0 Å². The van der Waals surface area contributed by atoms with Crippen LogP contribution in [-0.4, -0.2) is 39.9 Å². The molecule has 0 spiro atoms. The number of hydrogen-bond acceptors (Lipinski definition) is 6. The maximum atomic E-state index is 11.6. The normalized spacial score (nSPS) is 26.4. The summed E-state index contributed by atoms with van der Waals surface area (Å²) in [5, 5.41) is 9.71. The van der Waals surface area contributed by atoms with Gasteiger partial charge in [0, 0.05) is 12.6 Å². The molecule has 1 aliphatic heterocycles. The highest BCUT2D eigenvalue weighted by molar-refractivity contribution is 9.10. The number of methoxy groups -OCH3 is 1. The molecule has 0 saturated carbocycles. The topological polar surface area (TPSA) is 111 Å². The van der Waals surface area contributed by atoms with Crippen LogP contribution in [0, 0.1) is 0 Å². The van der Waals surface area contributed by atoms with Gasteiger partial charge in [-0.25, -0.2) is 9.59 Å². The van der Waals surface area contributed by atoms with E-state index in [0.29, 0.717) is 0 Å². The van der Waals surface area contributed by atoms with Crippen molar-refractivity contribution in [2.45, 2.75) is 24.9 Å². The molecule has 1 aliphatic rings. The molecule has 1 fully saturated rings. The van der Waals surface area contributed by atoms with Crippen LogP contribution in [0.1, 0.15) is 12.6 Å². The van der Waals surface area contributed by atoms with Crippen LogP contribution in [0.2, 0.25) is 0 Å². The number of aliphatic hydroxyl groups is 1. The number of hydrogen-bond donors (Lipinski definition) is 2. The molecule has 2 rings (SSSR count). The van der Waals surface area contributed by atoms with Crippen LogP contribution < -0.4 is 11.2 Å². The Morgan fingerprint density at radius 3 is 2.95 bits per heavy atom. The summed E-state index contributed by atoms with van der Waals surface area (Å²) in [6.45, 7) is 0. The Balaban J connectivity index is 2.30. The molecule has 1 saturated heterocycles. The quantitative estimate of drug-likeness (QED) is 0.679. The third-order valence-electron chi connectivity index (χ3n) is 2.76. The Labute approximate surface area is 115 Å². The van der Waals surface area contributed by atoms with E-state index in [1.165, 1.54) is 13.3 Å². The van der Waals surface area contributed by atoms with Gasteiger partial charge in [-0.1, -0.05) is 0 Å². The summed E-state index contributed by atoms with van der Waals surface area (Å²) in [5.41, 5.74) is -1.25. The molecule has 1 aromatic heterocycles. The molecule has 19 heavy (non-hydrogen) atoms. The predicted molar refractivity (Wildman–Crippen MR) is 65.6 cm³/mol. The number of carbonyl (C=O) groups is 1. The van der Waals surface area contributed by atoms with Gasteiger partial charge in [-0.15, -0.1) is 0 Å². The molecule has 0 amide bonds. The first-order valence-electron chi connectivity index (χ1n) is 5.36. The van der Waals surface area contributed by atoms with E-state index in [0.717, 1.165) is 4.57 Å². The monoisotopic (exact) mass is 334 g/mol. The van der Waals surface area contributed by atoms with Gasteiger partial charge >= 0.3 is 11.7 Å². The van der Waals surface area contributed by atoms with Gasteiger partial charge in [0.1, 0.15) is 6.23 Å². The average molecular weight is 335 g/mol. The van der Waals surface area contributed by atoms with Crippen molar-refractivity contribution >= 4 is 21.9 Å². The number of nitrogens with zero attached hydrogens (tertiary/aromatic N) is 1. The molecule has 2 N–H and O–H groups in total. The highest BCUT2D eigenvalue weighted by atomic mass is 79.9. The van der Waals surface area contributed by atoms with Gasteiger partial charge in [-0.05, 0) is 15.9 Å². The molecule has 104 valence electrons. The maximum Gasteiger partial charge on any atom is 0.337 e. The Morgan fingerprint density at radius 2 is 2.32 bits per heavy atom. The van der Waals surface area contributed by atoms with Crippen molar-refractivity contribution in [3.05, 3.63) is 31.5 Å². The lowest BCUT2D eigenvalue weighted by atomic mass is 10.2. The van der Waals surface area contributed by atoms with Crippen molar-refractivity contribution < 1.29 is 19.4 Å². The number of carbonyl (C=O) groups excluding carboxylic acids is 1. The highest BCUT2D eigenvalue weighted by Gasteiger charge is 2.40. The summed E-state index contributed by atoms with van der Waals surface area (Å²) in [5.74, 6) is -0.716. The molecule has 0 unspecified atom stereocenters. The summed E-state index contributed by atoms with van der Waals surface area (Å²) in [6, 6.07) is 0. The molecule has 1 aromatic rings. The third-order valence-corrected chi connectivity index (χ3v) is 3.33. The minimum absolute atomic E-state index is 0.0398. The standard InChI is InChI=1S/C10H11BrN2O6/c1-18-9(16)7-5(14)2-6(19-7)13-3-4(11)8(15)12-10(13)17/h3,5-7,14H,2H2,1H3,(H,12,15,17)/t5-,6+,7-/m0/s1. The van der Waals surface area contributed by atoms with E-state index in [4.69, 9.17) is 4.74 Å². The summed E-state index contributed by atoms with van der Waals surface area (Å²) in [6.07, 6.45) is -1.78. The summed E-state index contributed by atoms with van der Waals surface area (Å²) >= 11 is 2.99. The molecule has 9 heteroatoms. The lowest BCUT2D eigenvalue weighted by Crippen LogP contribution is -2.33. The minimum Gasteiger partial charge on any atom is -0.467 e. The number of aliphatic hydroxyl groups excluding tert-OH is 1. The second-order valence-corrected chi connectivity index (χ2v) is 4.84. The summed E-state index contributed by atoms with van der Waals surface area (Å²) in [7, 11) is 1.18. The zero-order valence-electron chi connectivity index (χ0n) is 9.83. The summed E-state index contributed by atoms with van der Waals surface area (Å²) < 4.78 is 11.0. The van der Waals surface area contributed by atoms with Crippen molar-refractivity contribution in [3.63, 3.8) is 0 Å². The third kappa shape index (κ3) is 2.62. The Kier molecular flexibility index (Phi) is 3.88. The second kappa shape index (κ2) is 5.27. The zero-order chi connectivity index (χ0) is 14.2. The van der Waals surface area contributed by atoms with Gasteiger partial charge in [-0.2, -0.15) is 0 Å². The number of esters is 1. The van der Waals surface area contributed by atoms with E-state index in [1.54, 1.807) is 0 Å². The lowest BCUT2D eigenvalue weighted by molar-refractivity contribution is -0.159. The number of aromatic nitrogens is 2. The fourth-order valence-electron chi connectivity index (χ4n) is 1.83. The van der Waals surface area contributed by atoms with Gasteiger partial charge < -0.3 is 14.6 Å². The molecule has 2 heterocycles. The van der Waals surface area contributed by atoms with Crippen molar-refractivity contribution in [1.82, 2.24) is 9.55 Å². The summed E-state index contributed by atoms with van der Waals surface area (Å²) in [4.78, 5) is 36.3. The molecule has 0 bridgehead atoms. The van der Waals surface area contributed by atoms with Gasteiger partial charge in [0.15, 0.2) is 6.10 Å². The molecular formula is C10H11BrN2O6. The maximum absolute atomic E-state index is 11.6. The fraction of sp³-hybridized carbons (Fsp3) is 0.500. The van der Waals surface area contributed by atoms with Crippen LogP contribution in [0.15, 0.2) is 20.3 Å². The van der Waals surface area contributed by atoms with Crippen molar-refractivity contribution in [3.8, 4) is 0 Å².